The van der Waals surface area contributed by atoms with Gasteiger partial charge in [0.05, 0.1) is 10.6 Å². The summed E-state index contributed by atoms with van der Waals surface area (Å²) in [4.78, 5) is 9.97. The molecule has 0 amide bonds. The Morgan fingerprint density at radius 1 is 1.33 bits per heavy atom. The zero-order valence-electron chi connectivity index (χ0n) is 8.27. The van der Waals surface area contributed by atoms with Gasteiger partial charge in [0.2, 0.25) is 0 Å². The first kappa shape index (κ1) is 9.71. The van der Waals surface area contributed by atoms with Crippen molar-refractivity contribution in [1.82, 2.24) is 5.32 Å². The normalized spacial score (nSPS) is 17.7. The van der Waals surface area contributed by atoms with Crippen LogP contribution < -0.4 is 5.32 Å². The van der Waals surface area contributed by atoms with Gasteiger partial charge in [0.1, 0.15) is 0 Å². The molecule has 1 N–H and O–H groups in total. The summed E-state index contributed by atoms with van der Waals surface area (Å²) in [5.74, 6) is 0. The first-order valence-corrected chi connectivity index (χ1v) is 4.90. The monoisotopic (exact) mass is 204 g/mol. The quantitative estimate of drug-likeness (QED) is 0.557. The molecule has 0 bridgehead atoms. The van der Waals surface area contributed by atoms with Gasteiger partial charge in [-0.05, 0) is 17.5 Å². The number of nitro groups is 1. The van der Waals surface area contributed by atoms with Crippen LogP contribution in [0.4, 0.5) is 0 Å². The van der Waals surface area contributed by atoms with Crippen molar-refractivity contribution in [1.29, 1.82) is 0 Å². The summed E-state index contributed by atoms with van der Waals surface area (Å²) < 4.78 is 0. The van der Waals surface area contributed by atoms with Crippen molar-refractivity contribution in [2.45, 2.75) is 12.8 Å². The first-order chi connectivity index (χ1) is 7.25. The third-order valence-corrected chi connectivity index (χ3v) is 2.51. The number of benzene rings is 1. The Labute approximate surface area is 87.8 Å². The minimum Gasteiger partial charge on any atom is -0.383 e. The van der Waals surface area contributed by atoms with Gasteiger partial charge in [-0.3, -0.25) is 10.1 Å². The third-order valence-electron chi connectivity index (χ3n) is 2.51. The Morgan fingerprint density at radius 2 is 2.07 bits per heavy atom. The minimum atomic E-state index is -0.406. The molecule has 1 aliphatic rings. The van der Waals surface area contributed by atoms with Crippen molar-refractivity contribution in [2.75, 3.05) is 6.54 Å². The van der Waals surface area contributed by atoms with Gasteiger partial charge in [-0.15, -0.1) is 0 Å². The van der Waals surface area contributed by atoms with Crippen molar-refractivity contribution in [2.24, 2.45) is 0 Å². The van der Waals surface area contributed by atoms with Gasteiger partial charge in [0, 0.05) is 13.0 Å². The summed E-state index contributed by atoms with van der Waals surface area (Å²) in [6.07, 6.45) is 2.60. The molecule has 1 aromatic rings. The summed E-state index contributed by atoms with van der Waals surface area (Å²) in [7, 11) is 0. The molecule has 4 nitrogen and oxygen atoms in total. The van der Waals surface area contributed by atoms with Crippen LogP contribution in [0.2, 0.25) is 0 Å². The Kier molecular flexibility index (Phi) is 2.67. The van der Waals surface area contributed by atoms with E-state index in [9.17, 15) is 10.1 Å². The van der Waals surface area contributed by atoms with Crippen LogP contribution in [0.5, 0.6) is 0 Å². The number of nitrogens with one attached hydrogen (secondary N) is 1. The van der Waals surface area contributed by atoms with E-state index in [0.717, 1.165) is 19.2 Å². The van der Waals surface area contributed by atoms with E-state index in [-0.39, 0.29) is 0 Å². The number of hydrogen-bond donors (Lipinski definition) is 1. The predicted molar refractivity (Wildman–Crippen MR) is 56.9 cm³/mol. The van der Waals surface area contributed by atoms with Crippen LogP contribution in [-0.2, 0) is 12.8 Å². The molecule has 0 aromatic heterocycles. The molecule has 0 aliphatic carbocycles. The Hall–Kier alpha value is -1.84. The summed E-state index contributed by atoms with van der Waals surface area (Å²) in [5.41, 5.74) is 3.14. The lowest BCUT2D eigenvalue weighted by Gasteiger charge is -2.03. The Morgan fingerprint density at radius 3 is 2.80 bits per heavy atom. The van der Waals surface area contributed by atoms with Crippen LogP contribution in [0, 0.1) is 10.1 Å². The molecule has 78 valence electrons. The number of hydrogen-bond acceptors (Lipinski definition) is 3. The van der Waals surface area contributed by atoms with E-state index in [1.807, 2.05) is 18.2 Å². The van der Waals surface area contributed by atoms with Crippen LogP contribution in [0.15, 0.2) is 36.2 Å². The van der Waals surface area contributed by atoms with Crippen LogP contribution >= 0.6 is 0 Å². The van der Waals surface area contributed by atoms with E-state index >= 15 is 0 Å². The van der Waals surface area contributed by atoms with Gasteiger partial charge in [0.25, 0.3) is 6.20 Å². The van der Waals surface area contributed by atoms with Gasteiger partial charge < -0.3 is 5.32 Å². The first-order valence-electron chi connectivity index (χ1n) is 4.90. The van der Waals surface area contributed by atoms with E-state index in [1.165, 1.54) is 11.1 Å². The lowest BCUT2D eigenvalue weighted by molar-refractivity contribution is -0.403. The zero-order valence-corrected chi connectivity index (χ0v) is 8.27. The second kappa shape index (κ2) is 4.13. The summed E-state index contributed by atoms with van der Waals surface area (Å²) in [6, 6.07) is 8.07. The minimum absolute atomic E-state index is 0.406. The molecular formula is C11H12N2O2. The predicted octanol–water partition coefficient (Wildman–Crippen LogP) is 1.49. The van der Waals surface area contributed by atoms with Crippen LogP contribution in [-0.4, -0.2) is 11.5 Å². The molecule has 0 saturated carbocycles. The smallest absolute Gasteiger partial charge is 0.253 e. The van der Waals surface area contributed by atoms with E-state index in [0.29, 0.717) is 12.1 Å². The van der Waals surface area contributed by atoms with E-state index < -0.39 is 4.92 Å². The highest BCUT2D eigenvalue weighted by Crippen LogP contribution is 2.16. The Balaban J connectivity index is 2.28. The fourth-order valence-corrected chi connectivity index (χ4v) is 1.82. The summed E-state index contributed by atoms with van der Waals surface area (Å²) >= 11 is 0. The van der Waals surface area contributed by atoms with Crippen LogP contribution in [0.25, 0.3) is 0 Å². The molecule has 1 aromatic carbocycles. The molecule has 0 atom stereocenters. The summed E-state index contributed by atoms with van der Waals surface area (Å²) in [6.45, 7) is 0.761. The molecule has 0 radical (unpaired) electrons. The summed E-state index contributed by atoms with van der Waals surface area (Å²) in [5, 5.41) is 13.5. The Bertz CT molecular complexity index is 413. The highest BCUT2D eigenvalue weighted by molar-refractivity contribution is 5.32. The number of rotatable bonds is 1. The zero-order chi connectivity index (χ0) is 10.7. The lowest BCUT2D eigenvalue weighted by atomic mass is 10.0. The molecule has 1 aliphatic heterocycles. The van der Waals surface area contributed by atoms with E-state index in [2.05, 4.69) is 11.4 Å². The van der Waals surface area contributed by atoms with Crippen molar-refractivity contribution in [3.8, 4) is 0 Å². The van der Waals surface area contributed by atoms with Crippen molar-refractivity contribution in [3.05, 3.63) is 57.4 Å². The maximum atomic E-state index is 10.4. The molecule has 0 fully saturated rings. The van der Waals surface area contributed by atoms with Gasteiger partial charge in [-0.2, -0.15) is 0 Å². The molecule has 1 heterocycles. The van der Waals surface area contributed by atoms with Crippen molar-refractivity contribution < 1.29 is 4.92 Å². The molecule has 0 saturated heterocycles. The average molecular weight is 204 g/mol. The topological polar surface area (TPSA) is 55.2 Å². The van der Waals surface area contributed by atoms with Crippen molar-refractivity contribution >= 4 is 0 Å². The second-order valence-corrected chi connectivity index (χ2v) is 3.56. The van der Waals surface area contributed by atoms with Crippen LogP contribution in [0.3, 0.4) is 0 Å². The molecule has 2 rings (SSSR count). The largest absolute Gasteiger partial charge is 0.383 e. The van der Waals surface area contributed by atoms with Gasteiger partial charge in [-0.25, -0.2) is 0 Å². The average Bonchev–Trinajstić information content (AvgIpc) is 2.38. The number of allylic oxidation sites excluding steroid dienone is 1. The molecule has 15 heavy (non-hydrogen) atoms. The SMILES string of the molecule is O=[N+]([O-])/C=C1/Cc2ccccc2CCN1. The standard InChI is InChI=1S/C11H12N2O2/c14-13(15)8-11-7-10-4-2-1-3-9(10)5-6-12-11/h1-4,8,12H,5-7H2/b11-8-. The van der Waals surface area contributed by atoms with Gasteiger partial charge >= 0.3 is 0 Å². The highest BCUT2D eigenvalue weighted by atomic mass is 16.6. The third kappa shape index (κ3) is 2.34. The molecule has 0 spiro atoms. The highest BCUT2D eigenvalue weighted by Gasteiger charge is 2.11. The van der Waals surface area contributed by atoms with E-state index in [4.69, 9.17) is 0 Å². The van der Waals surface area contributed by atoms with Crippen LogP contribution in [0.1, 0.15) is 11.1 Å². The molecule has 0 unspecified atom stereocenters. The fraction of sp³-hybridized carbons (Fsp3) is 0.273. The van der Waals surface area contributed by atoms with E-state index in [1.54, 1.807) is 0 Å². The number of fused-ring (bicyclic) bond motifs is 1. The maximum absolute atomic E-state index is 10.4. The van der Waals surface area contributed by atoms with Gasteiger partial charge in [0.15, 0.2) is 0 Å². The second-order valence-electron chi connectivity index (χ2n) is 3.56. The molecule has 4 heteroatoms. The maximum Gasteiger partial charge on any atom is 0.253 e. The fourth-order valence-electron chi connectivity index (χ4n) is 1.82. The number of nitrogens with zero attached hydrogens (tertiary/aromatic N) is 1. The lowest BCUT2D eigenvalue weighted by Crippen LogP contribution is -2.15. The molecular weight excluding hydrogens is 192 g/mol. The van der Waals surface area contributed by atoms with Crippen molar-refractivity contribution in [3.63, 3.8) is 0 Å². The van der Waals surface area contributed by atoms with Gasteiger partial charge in [-0.1, -0.05) is 24.3 Å².